The van der Waals surface area contributed by atoms with Crippen molar-refractivity contribution in [1.29, 1.82) is 0 Å². The molecular formula is C17H14F3NO. The Labute approximate surface area is 126 Å². The van der Waals surface area contributed by atoms with Crippen LogP contribution < -0.4 is 0 Å². The Kier molecular flexibility index (Phi) is 3.64. The third-order valence-corrected chi connectivity index (χ3v) is 3.83. The van der Waals surface area contributed by atoms with Crippen LogP contribution in [0, 0.1) is 0 Å². The highest BCUT2D eigenvalue weighted by Gasteiger charge is 2.30. The number of amides is 1. The van der Waals surface area contributed by atoms with E-state index >= 15 is 0 Å². The minimum Gasteiger partial charge on any atom is -0.334 e. The zero-order valence-corrected chi connectivity index (χ0v) is 11.7. The van der Waals surface area contributed by atoms with E-state index in [0.717, 1.165) is 23.3 Å². The summed E-state index contributed by atoms with van der Waals surface area (Å²) in [7, 11) is 0. The predicted molar refractivity (Wildman–Crippen MR) is 75.8 cm³/mol. The summed E-state index contributed by atoms with van der Waals surface area (Å²) in [6.07, 6.45) is -3.99. The highest BCUT2D eigenvalue weighted by Crippen LogP contribution is 2.29. The first-order valence-electron chi connectivity index (χ1n) is 6.94. The molecular weight excluding hydrogens is 291 g/mol. The van der Waals surface area contributed by atoms with Crippen LogP contribution in [0.2, 0.25) is 0 Å². The number of halogens is 3. The summed E-state index contributed by atoms with van der Waals surface area (Å²) in [6.45, 7) is 0.821. The summed E-state index contributed by atoms with van der Waals surface area (Å²) in [5.74, 6) is -0.00130. The van der Waals surface area contributed by atoms with Crippen molar-refractivity contribution >= 4 is 5.91 Å². The van der Waals surface area contributed by atoms with Gasteiger partial charge in [-0.15, -0.1) is 0 Å². The summed E-state index contributed by atoms with van der Waals surface area (Å²) in [5.41, 5.74) is 2.14. The number of alkyl halides is 3. The second kappa shape index (κ2) is 5.48. The van der Waals surface area contributed by atoms with Gasteiger partial charge in [0.05, 0.1) is 12.0 Å². The fraction of sp³-hybridized carbons (Fsp3) is 0.235. The van der Waals surface area contributed by atoms with Crippen LogP contribution in [0.3, 0.4) is 0 Å². The number of fused-ring (bicyclic) bond motifs is 1. The van der Waals surface area contributed by atoms with Crippen LogP contribution in [-0.4, -0.2) is 10.8 Å². The molecule has 0 aliphatic carbocycles. The first-order chi connectivity index (χ1) is 10.4. The van der Waals surface area contributed by atoms with Gasteiger partial charge in [-0.25, -0.2) is 0 Å². The largest absolute Gasteiger partial charge is 0.416 e. The molecule has 0 bridgehead atoms. The number of carbonyl (C=O) groups is 1. The Morgan fingerprint density at radius 3 is 2.23 bits per heavy atom. The Morgan fingerprint density at radius 1 is 0.955 bits per heavy atom. The standard InChI is InChI=1S/C17H14F3NO/c18-17(19,20)15-7-5-12(6-8-15)10-21-11-14-4-2-1-3-13(14)9-16(21)22/h1-8H,9-11H2. The molecule has 0 fully saturated rings. The van der Waals surface area contributed by atoms with E-state index in [0.29, 0.717) is 25.1 Å². The molecule has 0 atom stereocenters. The Hall–Kier alpha value is -2.30. The SMILES string of the molecule is O=C1Cc2ccccc2CN1Cc1ccc(C(F)(F)F)cc1. The van der Waals surface area contributed by atoms with Gasteiger partial charge in [-0.2, -0.15) is 13.2 Å². The molecule has 0 unspecified atom stereocenters. The molecule has 1 amide bonds. The van der Waals surface area contributed by atoms with Crippen LogP contribution in [0.15, 0.2) is 48.5 Å². The molecule has 0 spiro atoms. The van der Waals surface area contributed by atoms with Gasteiger partial charge in [-0.3, -0.25) is 4.79 Å². The minimum absolute atomic E-state index is 0.00130. The molecule has 0 saturated carbocycles. The lowest BCUT2D eigenvalue weighted by Gasteiger charge is -2.29. The van der Waals surface area contributed by atoms with Crippen molar-refractivity contribution in [2.75, 3.05) is 0 Å². The van der Waals surface area contributed by atoms with Gasteiger partial charge in [0.2, 0.25) is 5.91 Å². The zero-order chi connectivity index (χ0) is 15.7. The topological polar surface area (TPSA) is 20.3 Å². The lowest BCUT2D eigenvalue weighted by Crippen LogP contribution is -2.35. The lowest BCUT2D eigenvalue weighted by molar-refractivity contribution is -0.137. The highest BCUT2D eigenvalue weighted by atomic mass is 19.4. The molecule has 1 heterocycles. The maximum atomic E-state index is 12.5. The molecule has 0 N–H and O–H groups in total. The third kappa shape index (κ3) is 2.98. The predicted octanol–water partition coefficient (Wildman–Crippen LogP) is 3.79. The summed E-state index contributed by atoms with van der Waals surface area (Å²) >= 11 is 0. The number of nitrogens with zero attached hydrogens (tertiary/aromatic N) is 1. The van der Waals surface area contributed by atoms with E-state index in [4.69, 9.17) is 0 Å². The summed E-state index contributed by atoms with van der Waals surface area (Å²) < 4.78 is 37.6. The van der Waals surface area contributed by atoms with Crippen molar-refractivity contribution in [2.45, 2.75) is 25.7 Å². The smallest absolute Gasteiger partial charge is 0.334 e. The van der Waals surface area contributed by atoms with Crippen LogP contribution in [0.4, 0.5) is 13.2 Å². The Morgan fingerprint density at radius 2 is 1.59 bits per heavy atom. The maximum Gasteiger partial charge on any atom is 0.416 e. The fourth-order valence-electron chi connectivity index (χ4n) is 2.62. The van der Waals surface area contributed by atoms with Crippen LogP contribution >= 0.6 is 0 Å². The van der Waals surface area contributed by atoms with Gasteiger partial charge < -0.3 is 4.90 Å². The number of hydrogen-bond acceptors (Lipinski definition) is 1. The molecule has 2 aromatic rings. The van der Waals surface area contributed by atoms with Crippen molar-refractivity contribution in [3.63, 3.8) is 0 Å². The van der Waals surface area contributed by atoms with E-state index in [1.807, 2.05) is 24.3 Å². The normalized spacial score (nSPS) is 14.9. The second-order valence-corrected chi connectivity index (χ2v) is 5.39. The zero-order valence-electron chi connectivity index (χ0n) is 11.7. The van der Waals surface area contributed by atoms with E-state index in [1.165, 1.54) is 12.1 Å². The van der Waals surface area contributed by atoms with Crippen molar-refractivity contribution in [3.8, 4) is 0 Å². The first-order valence-corrected chi connectivity index (χ1v) is 6.94. The minimum atomic E-state index is -4.33. The van der Waals surface area contributed by atoms with Crippen molar-refractivity contribution in [1.82, 2.24) is 4.90 Å². The van der Waals surface area contributed by atoms with Crippen LogP contribution in [0.25, 0.3) is 0 Å². The van der Waals surface area contributed by atoms with E-state index in [1.54, 1.807) is 4.90 Å². The average Bonchev–Trinajstić information content (AvgIpc) is 2.48. The summed E-state index contributed by atoms with van der Waals surface area (Å²) in [4.78, 5) is 13.8. The van der Waals surface area contributed by atoms with Gasteiger partial charge in [0, 0.05) is 13.1 Å². The third-order valence-electron chi connectivity index (χ3n) is 3.83. The summed E-state index contributed by atoms with van der Waals surface area (Å²) in [5, 5.41) is 0. The van der Waals surface area contributed by atoms with E-state index in [2.05, 4.69) is 0 Å². The Balaban J connectivity index is 1.75. The van der Waals surface area contributed by atoms with Gasteiger partial charge in [-0.1, -0.05) is 36.4 Å². The molecule has 0 radical (unpaired) electrons. The molecule has 3 rings (SSSR count). The lowest BCUT2D eigenvalue weighted by atomic mass is 9.99. The molecule has 2 aromatic carbocycles. The Bertz CT molecular complexity index is 692. The number of rotatable bonds is 2. The fourth-order valence-corrected chi connectivity index (χ4v) is 2.62. The van der Waals surface area contributed by atoms with E-state index in [9.17, 15) is 18.0 Å². The van der Waals surface area contributed by atoms with Gasteiger partial charge in [0.1, 0.15) is 0 Å². The maximum absolute atomic E-state index is 12.5. The number of benzene rings is 2. The number of carbonyl (C=O) groups excluding carboxylic acids is 1. The molecule has 0 aromatic heterocycles. The molecule has 114 valence electrons. The monoisotopic (exact) mass is 305 g/mol. The van der Waals surface area contributed by atoms with Crippen LogP contribution in [-0.2, 0) is 30.5 Å². The van der Waals surface area contributed by atoms with Crippen LogP contribution in [0.1, 0.15) is 22.3 Å². The first kappa shape index (κ1) is 14.6. The summed E-state index contributed by atoms with van der Waals surface area (Å²) in [6, 6.07) is 12.7. The van der Waals surface area contributed by atoms with Crippen molar-refractivity contribution in [2.24, 2.45) is 0 Å². The van der Waals surface area contributed by atoms with Crippen molar-refractivity contribution in [3.05, 3.63) is 70.8 Å². The number of hydrogen-bond donors (Lipinski definition) is 0. The van der Waals surface area contributed by atoms with Crippen molar-refractivity contribution < 1.29 is 18.0 Å². The van der Waals surface area contributed by atoms with E-state index < -0.39 is 11.7 Å². The molecule has 1 aliphatic heterocycles. The molecule has 2 nitrogen and oxygen atoms in total. The van der Waals surface area contributed by atoms with Gasteiger partial charge in [0.25, 0.3) is 0 Å². The van der Waals surface area contributed by atoms with E-state index in [-0.39, 0.29) is 5.91 Å². The van der Waals surface area contributed by atoms with Gasteiger partial charge in [-0.05, 0) is 28.8 Å². The van der Waals surface area contributed by atoms with Crippen LogP contribution in [0.5, 0.6) is 0 Å². The average molecular weight is 305 g/mol. The molecule has 22 heavy (non-hydrogen) atoms. The molecule has 5 heteroatoms. The quantitative estimate of drug-likeness (QED) is 0.826. The van der Waals surface area contributed by atoms with Gasteiger partial charge in [0.15, 0.2) is 0 Å². The molecule has 1 aliphatic rings. The van der Waals surface area contributed by atoms with Gasteiger partial charge >= 0.3 is 6.18 Å². The molecule has 0 saturated heterocycles. The highest BCUT2D eigenvalue weighted by molar-refractivity contribution is 5.80. The second-order valence-electron chi connectivity index (χ2n) is 5.39.